The van der Waals surface area contributed by atoms with Gasteiger partial charge in [-0.25, -0.2) is 0 Å². The molecule has 1 amide bonds. The highest BCUT2D eigenvalue weighted by Crippen LogP contribution is 2.09. The third kappa shape index (κ3) is 6.02. The van der Waals surface area contributed by atoms with E-state index in [2.05, 4.69) is 10.6 Å². The highest BCUT2D eigenvalue weighted by molar-refractivity contribution is 5.82. The first-order valence-electron chi connectivity index (χ1n) is 6.85. The fourth-order valence-corrected chi connectivity index (χ4v) is 2.00. The number of carboxylic acid groups (broad SMARTS) is 1. The van der Waals surface area contributed by atoms with Crippen molar-refractivity contribution in [1.29, 1.82) is 0 Å². The van der Waals surface area contributed by atoms with E-state index in [0.29, 0.717) is 26.2 Å². The van der Waals surface area contributed by atoms with Gasteiger partial charge < -0.3 is 20.5 Å². The molecule has 0 aromatic rings. The Bertz CT molecular complexity index is 303. The van der Waals surface area contributed by atoms with Gasteiger partial charge in [0.25, 0.3) is 0 Å². The van der Waals surface area contributed by atoms with Crippen LogP contribution < -0.4 is 10.6 Å². The predicted octanol–water partition coefficient (Wildman–Crippen LogP) is 0.371. The molecule has 6 nitrogen and oxygen atoms in total. The van der Waals surface area contributed by atoms with Crippen molar-refractivity contribution >= 4 is 11.9 Å². The molecule has 6 heteroatoms. The number of hydrogen-bond acceptors (Lipinski definition) is 4. The third-order valence-electron chi connectivity index (χ3n) is 3.32. The summed E-state index contributed by atoms with van der Waals surface area (Å²) in [6.07, 6.45) is 2.22. The lowest BCUT2D eigenvalue weighted by Gasteiger charge is -2.24. The standard InChI is InChI=1S/C13H24N2O4/c1-9(13(17)18)4-3-5-10(2)15-12(16)11-8-19-7-6-14-11/h9-11,14H,3-8H2,1-2H3,(H,15,16)(H,17,18). The molecule has 3 unspecified atom stereocenters. The number of amides is 1. The van der Waals surface area contributed by atoms with Crippen LogP contribution >= 0.6 is 0 Å². The SMILES string of the molecule is CC(CCCC(C)C(=O)O)NC(=O)C1COCCN1. The Morgan fingerprint density at radius 1 is 1.42 bits per heavy atom. The second-order valence-corrected chi connectivity index (χ2v) is 5.16. The van der Waals surface area contributed by atoms with Crippen molar-refractivity contribution < 1.29 is 19.4 Å². The summed E-state index contributed by atoms with van der Waals surface area (Å²) in [6.45, 7) is 5.39. The maximum Gasteiger partial charge on any atom is 0.306 e. The number of nitrogens with one attached hydrogen (secondary N) is 2. The molecule has 0 spiro atoms. The van der Waals surface area contributed by atoms with E-state index in [0.717, 1.165) is 12.8 Å². The van der Waals surface area contributed by atoms with Crippen LogP contribution in [0.3, 0.4) is 0 Å². The maximum atomic E-state index is 11.9. The number of aliphatic carboxylic acids is 1. The predicted molar refractivity (Wildman–Crippen MR) is 70.9 cm³/mol. The van der Waals surface area contributed by atoms with Crippen molar-refractivity contribution in [3.05, 3.63) is 0 Å². The van der Waals surface area contributed by atoms with E-state index in [4.69, 9.17) is 9.84 Å². The van der Waals surface area contributed by atoms with Crippen LogP contribution in [-0.4, -0.2) is 48.8 Å². The van der Waals surface area contributed by atoms with Gasteiger partial charge >= 0.3 is 5.97 Å². The fraction of sp³-hybridized carbons (Fsp3) is 0.846. The number of carboxylic acids is 1. The average molecular weight is 272 g/mol. The van der Waals surface area contributed by atoms with Gasteiger partial charge in [-0.1, -0.05) is 13.3 Å². The first kappa shape index (κ1) is 15.9. The van der Waals surface area contributed by atoms with Crippen LogP contribution in [0.5, 0.6) is 0 Å². The smallest absolute Gasteiger partial charge is 0.306 e. The summed E-state index contributed by atoms with van der Waals surface area (Å²) in [4.78, 5) is 22.5. The lowest BCUT2D eigenvalue weighted by molar-refractivity contribution is -0.141. The molecule has 110 valence electrons. The Morgan fingerprint density at radius 2 is 2.16 bits per heavy atom. The first-order chi connectivity index (χ1) is 9.00. The lowest BCUT2D eigenvalue weighted by atomic mass is 10.0. The number of carbonyl (C=O) groups excluding carboxylic acids is 1. The minimum atomic E-state index is -0.764. The highest BCUT2D eigenvalue weighted by Gasteiger charge is 2.22. The molecule has 0 saturated carbocycles. The lowest BCUT2D eigenvalue weighted by Crippen LogP contribution is -2.52. The Hall–Kier alpha value is -1.14. The summed E-state index contributed by atoms with van der Waals surface area (Å²) in [6, 6.07) is -0.216. The molecule has 3 N–H and O–H groups in total. The Labute approximate surface area is 113 Å². The molecule has 1 saturated heterocycles. The Balaban J connectivity index is 2.17. The van der Waals surface area contributed by atoms with Gasteiger partial charge in [-0.05, 0) is 19.8 Å². The van der Waals surface area contributed by atoms with Crippen molar-refractivity contribution in [1.82, 2.24) is 10.6 Å². The quantitative estimate of drug-likeness (QED) is 0.623. The van der Waals surface area contributed by atoms with E-state index in [-0.39, 0.29) is 23.9 Å². The highest BCUT2D eigenvalue weighted by atomic mass is 16.5. The molecule has 1 aliphatic heterocycles. The van der Waals surface area contributed by atoms with Gasteiger partial charge in [-0.3, -0.25) is 9.59 Å². The minimum Gasteiger partial charge on any atom is -0.481 e. The molecule has 0 aromatic heterocycles. The third-order valence-corrected chi connectivity index (χ3v) is 3.32. The van der Waals surface area contributed by atoms with Gasteiger partial charge in [-0.15, -0.1) is 0 Å². The molecule has 1 aliphatic rings. The van der Waals surface area contributed by atoms with E-state index in [1.807, 2.05) is 6.92 Å². The molecule has 0 aliphatic carbocycles. The maximum absolute atomic E-state index is 11.9. The van der Waals surface area contributed by atoms with Crippen LogP contribution in [0, 0.1) is 5.92 Å². The molecule has 1 heterocycles. The second kappa shape index (κ2) is 8.12. The van der Waals surface area contributed by atoms with Crippen molar-refractivity contribution in [2.45, 2.75) is 45.2 Å². The summed E-state index contributed by atoms with van der Waals surface area (Å²) >= 11 is 0. The van der Waals surface area contributed by atoms with Crippen LogP contribution in [0.2, 0.25) is 0 Å². The van der Waals surface area contributed by atoms with E-state index < -0.39 is 5.97 Å². The molecule has 1 rings (SSSR count). The molecule has 19 heavy (non-hydrogen) atoms. The molecular formula is C13H24N2O4. The van der Waals surface area contributed by atoms with Gasteiger partial charge in [0.05, 0.1) is 19.1 Å². The first-order valence-corrected chi connectivity index (χ1v) is 6.85. The van der Waals surface area contributed by atoms with E-state index in [1.165, 1.54) is 0 Å². The summed E-state index contributed by atoms with van der Waals surface area (Å²) in [5.41, 5.74) is 0. The van der Waals surface area contributed by atoms with Crippen molar-refractivity contribution in [3.8, 4) is 0 Å². The molecule has 1 fully saturated rings. The number of rotatable bonds is 7. The zero-order valence-electron chi connectivity index (χ0n) is 11.6. The fourth-order valence-electron chi connectivity index (χ4n) is 2.00. The van der Waals surface area contributed by atoms with Crippen LogP contribution in [0.15, 0.2) is 0 Å². The topological polar surface area (TPSA) is 87.7 Å². The van der Waals surface area contributed by atoms with Gasteiger partial charge in [0.2, 0.25) is 5.91 Å². The number of ether oxygens (including phenoxy) is 1. The van der Waals surface area contributed by atoms with Gasteiger partial charge in [0, 0.05) is 12.6 Å². The van der Waals surface area contributed by atoms with E-state index in [9.17, 15) is 9.59 Å². The molecule has 3 atom stereocenters. The zero-order chi connectivity index (χ0) is 14.3. The number of carbonyl (C=O) groups is 2. The Morgan fingerprint density at radius 3 is 2.74 bits per heavy atom. The van der Waals surface area contributed by atoms with Crippen molar-refractivity contribution in [3.63, 3.8) is 0 Å². The van der Waals surface area contributed by atoms with Crippen LogP contribution in [-0.2, 0) is 14.3 Å². The monoisotopic (exact) mass is 272 g/mol. The van der Waals surface area contributed by atoms with Gasteiger partial charge in [0.15, 0.2) is 0 Å². The Kier molecular flexibility index (Phi) is 6.80. The summed E-state index contributed by atoms with van der Waals surface area (Å²) < 4.78 is 5.24. The van der Waals surface area contributed by atoms with Crippen molar-refractivity contribution in [2.24, 2.45) is 5.92 Å². The van der Waals surface area contributed by atoms with Crippen LogP contribution in [0.1, 0.15) is 33.1 Å². The van der Waals surface area contributed by atoms with Gasteiger partial charge in [-0.2, -0.15) is 0 Å². The van der Waals surface area contributed by atoms with Gasteiger partial charge in [0.1, 0.15) is 6.04 Å². The number of morpholine rings is 1. The van der Waals surface area contributed by atoms with Crippen molar-refractivity contribution in [2.75, 3.05) is 19.8 Å². The zero-order valence-corrected chi connectivity index (χ0v) is 11.6. The molecule has 0 aromatic carbocycles. The van der Waals surface area contributed by atoms with E-state index in [1.54, 1.807) is 6.92 Å². The molecule has 0 radical (unpaired) electrons. The summed E-state index contributed by atoms with van der Waals surface area (Å²) in [5, 5.41) is 14.8. The molecular weight excluding hydrogens is 248 g/mol. The molecule has 0 bridgehead atoms. The average Bonchev–Trinajstić information content (AvgIpc) is 2.39. The largest absolute Gasteiger partial charge is 0.481 e. The van der Waals surface area contributed by atoms with Crippen LogP contribution in [0.4, 0.5) is 0 Å². The van der Waals surface area contributed by atoms with E-state index >= 15 is 0 Å². The number of hydrogen-bond donors (Lipinski definition) is 3. The minimum absolute atomic E-state index is 0.0431. The second-order valence-electron chi connectivity index (χ2n) is 5.16. The summed E-state index contributed by atoms with van der Waals surface area (Å²) in [7, 11) is 0. The van der Waals surface area contributed by atoms with Crippen LogP contribution in [0.25, 0.3) is 0 Å². The normalized spacial score (nSPS) is 22.5. The summed E-state index contributed by atoms with van der Waals surface area (Å²) in [5.74, 6) is -1.13.